The van der Waals surface area contributed by atoms with Crippen molar-refractivity contribution in [3.05, 3.63) is 108 Å². The van der Waals surface area contributed by atoms with Crippen LogP contribution in [0.3, 0.4) is 0 Å². The third-order valence-electron chi connectivity index (χ3n) is 4.19. The third-order valence-corrected chi connectivity index (χ3v) is 4.19. The fourth-order valence-electron chi connectivity index (χ4n) is 3.05. The highest BCUT2D eigenvalue weighted by molar-refractivity contribution is 5.32. The summed E-state index contributed by atoms with van der Waals surface area (Å²) in [6.45, 7) is 1.97. The smallest absolute Gasteiger partial charge is 0.0231 e. The highest BCUT2D eigenvalue weighted by Crippen LogP contribution is 2.25. The van der Waals surface area contributed by atoms with Gasteiger partial charge in [0, 0.05) is 19.0 Å². The highest BCUT2D eigenvalue weighted by atomic mass is 15.1. The topological polar surface area (TPSA) is 3.24 Å². The number of rotatable bonds is 6. The van der Waals surface area contributed by atoms with Crippen molar-refractivity contribution in [3.63, 3.8) is 0 Å². The van der Waals surface area contributed by atoms with Crippen LogP contribution in [0.25, 0.3) is 0 Å². The minimum absolute atomic E-state index is 0.395. The van der Waals surface area contributed by atoms with E-state index >= 15 is 0 Å². The van der Waals surface area contributed by atoms with E-state index in [1.165, 1.54) is 16.7 Å². The Morgan fingerprint density at radius 3 is 1.57 bits per heavy atom. The van der Waals surface area contributed by atoms with Gasteiger partial charge in [-0.1, -0.05) is 91.0 Å². The summed E-state index contributed by atoms with van der Waals surface area (Å²) in [5.41, 5.74) is 4.10. The van der Waals surface area contributed by atoms with Crippen LogP contribution >= 0.6 is 0 Å². The lowest BCUT2D eigenvalue weighted by molar-refractivity contribution is 0.316. The Labute approximate surface area is 139 Å². The molecule has 0 saturated heterocycles. The maximum Gasteiger partial charge on any atom is 0.0231 e. The molecule has 0 aliphatic heterocycles. The van der Waals surface area contributed by atoms with Crippen LogP contribution in [-0.4, -0.2) is 18.5 Å². The maximum atomic E-state index is 2.40. The number of hydrogen-bond donors (Lipinski definition) is 0. The molecule has 23 heavy (non-hydrogen) atoms. The highest BCUT2D eigenvalue weighted by Gasteiger charge is 2.16. The molecule has 1 nitrogen and oxygen atoms in total. The zero-order valence-corrected chi connectivity index (χ0v) is 13.6. The Hall–Kier alpha value is -2.38. The van der Waals surface area contributed by atoms with Gasteiger partial charge < -0.3 is 4.90 Å². The quantitative estimate of drug-likeness (QED) is 0.622. The van der Waals surface area contributed by atoms with Crippen molar-refractivity contribution in [2.24, 2.45) is 0 Å². The van der Waals surface area contributed by atoms with Crippen molar-refractivity contribution < 1.29 is 0 Å². The minimum Gasteiger partial charge on any atom is -0.301 e. The van der Waals surface area contributed by atoms with E-state index in [2.05, 4.69) is 103 Å². The van der Waals surface area contributed by atoms with Gasteiger partial charge in [0.25, 0.3) is 0 Å². The number of hydrogen-bond acceptors (Lipinski definition) is 1. The molecule has 3 aromatic carbocycles. The van der Waals surface area contributed by atoms with Gasteiger partial charge in [-0.25, -0.2) is 0 Å². The fraction of sp³-hybridized carbons (Fsp3) is 0.182. The van der Waals surface area contributed by atoms with Gasteiger partial charge in [-0.05, 0) is 23.7 Å². The normalized spacial score (nSPS) is 11.1. The summed E-state index contributed by atoms with van der Waals surface area (Å²) in [7, 11) is 2.20. The molecular formula is C22H23N. The summed E-state index contributed by atoms with van der Waals surface area (Å²) < 4.78 is 0. The Kier molecular flexibility index (Phi) is 5.23. The molecule has 0 N–H and O–H groups in total. The molecule has 0 aliphatic carbocycles. The largest absolute Gasteiger partial charge is 0.301 e. The Morgan fingerprint density at radius 2 is 1.09 bits per heavy atom. The first-order chi connectivity index (χ1) is 11.3. The summed E-state index contributed by atoms with van der Waals surface area (Å²) >= 11 is 0. The Bertz CT molecular complexity index is 652. The molecule has 0 aliphatic rings. The first kappa shape index (κ1) is 15.5. The van der Waals surface area contributed by atoms with Gasteiger partial charge in [0.05, 0.1) is 0 Å². The second-order valence-corrected chi connectivity index (χ2v) is 6.06. The van der Waals surface area contributed by atoms with Crippen LogP contribution in [0.2, 0.25) is 0 Å². The van der Waals surface area contributed by atoms with Crippen molar-refractivity contribution >= 4 is 0 Å². The molecule has 0 spiro atoms. The van der Waals surface area contributed by atoms with E-state index in [4.69, 9.17) is 0 Å². The molecule has 0 bridgehead atoms. The van der Waals surface area contributed by atoms with Crippen molar-refractivity contribution in [2.45, 2.75) is 12.5 Å². The standard InChI is InChI=1S/C22H23N/c1-23(17-19-11-5-2-6-12-19)18-22(20-13-7-3-8-14-20)21-15-9-4-10-16-21/h2-16,22H,17-18H2,1H3. The molecule has 0 unspecified atom stereocenters. The molecule has 0 saturated carbocycles. The van der Waals surface area contributed by atoms with Crippen LogP contribution in [0.1, 0.15) is 22.6 Å². The van der Waals surface area contributed by atoms with E-state index in [0.29, 0.717) is 5.92 Å². The van der Waals surface area contributed by atoms with Crippen molar-refractivity contribution in [1.82, 2.24) is 4.90 Å². The van der Waals surface area contributed by atoms with Crippen LogP contribution in [0.4, 0.5) is 0 Å². The van der Waals surface area contributed by atoms with Gasteiger partial charge in [-0.2, -0.15) is 0 Å². The summed E-state index contributed by atoms with van der Waals surface area (Å²) in [5, 5.41) is 0. The van der Waals surface area contributed by atoms with Gasteiger partial charge in [0.1, 0.15) is 0 Å². The van der Waals surface area contributed by atoms with Gasteiger partial charge in [0.15, 0.2) is 0 Å². The van der Waals surface area contributed by atoms with Crippen LogP contribution in [0, 0.1) is 0 Å². The fourth-order valence-corrected chi connectivity index (χ4v) is 3.05. The third kappa shape index (κ3) is 4.30. The van der Waals surface area contributed by atoms with E-state index in [9.17, 15) is 0 Å². The summed E-state index contributed by atoms with van der Waals surface area (Å²) in [6.07, 6.45) is 0. The molecule has 0 amide bonds. The first-order valence-corrected chi connectivity index (χ1v) is 8.15. The second kappa shape index (κ2) is 7.75. The predicted octanol–water partition coefficient (Wildman–Crippen LogP) is 4.95. The molecule has 0 heterocycles. The van der Waals surface area contributed by atoms with E-state index in [0.717, 1.165) is 13.1 Å². The van der Waals surface area contributed by atoms with Crippen molar-refractivity contribution in [1.29, 1.82) is 0 Å². The SMILES string of the molecule is CN(Cc1ccccc1)CC(c1ccccc1)c1ccccc1. The lowest BCUT2D eigenvalue weighted by atomic mass is 9.91. The Balaban J connectivity index is 1.79. The van der Waals surface area contributed by atoms with Crippen molar-refractivity contribution in [2.75, 3.05) is 13.6 Å². The number of benzene rings is 3. The molecule has 1 heteroatoms. The lowest BCUT2D eigenvalue weighted by Gasteiger charge is -2.25. The van der Waals surface area contributed by atoms with E-state index in [-0.39, 0.29) is 0 Å². The summed E-state index contributed by atoms with van der Waals surface area (Å²) in [5.74, 6) is 0.395. The van der Waals surface area contributed by atoms with Crippen LogP contribution in [-0.2, 0) is 6.54 Å². The van der Waals surface area contributed by atoms with Gasteiger partial charge in [-0.15, -0.1) is 0 Å². The first-order valence-electron chi connectivity index (χ1n) is 8.15. The van der Waals surface area contributed by atoms with Gasteiger partial charge in [0.2, 0.25) is 0 Å². The molecule has 0 fully saturated rings. The van der Waals surface area contributed by atoms with Gasteiger partial charge in [-0.3, -0.25) is 0 Å². The lowest BCUT2D eigenvalue weighted by Crippen LogP contribution is -2.25. The number of likely N-dealkylation sites (N-methyl/N-ethyl adjacent to an activating group) is 1. The van der Waals surface area contributed by atoms with Gasteiger partial charge >= 0.3 is 0 Å². The molecule has 0 radical (unpaired) electrons. The van der Waals surface area contributed by atoms with E-state index in [1.807, 2.05) is 0 Å². The van der Waals surface area contributed by atoms with Crippen LogP contribution < -0.4 is 0 Å². The van der Waals surface area contributed by atoms with Crippen LogP contribution in [0.15, 0.2) is 91.0 Å². The zero-order chi connectivity index (χ0) is 15.9. The molecule has 3 rings (SSSR count). The van der Waals surface area contributed by atoms with Crippen LogP contribution in [0.5, 0.6) is 0 Å². The molecule has 0 aromatic heterocycles. The van der Waals surface area contributed by atoms with E-state index < -0.39 is 0 Å². The zero-order valence-electron chi connectivity index (χ0n) is 13.6. The average molecular weight is 301 g/mol. The Morgan fingerprint density at radius 1 is 0.652 bits per heavy atom. The summed E-state index contributed by atoms with van der Waals surface area (Å²) in [4.78, 5) is 2.40. The second-order valence-electron chi connectivity index (χ2n) is 6.06. The molecule has 116 valence electrons. The average Bonchev–Trinajstić information content (AvgIpc) is 2.62. The minimum atomic E-state index is 0.395. The molecular weight excluding hydrogens is 278 g/mol. The molecule has 3 aromatic rings. The van der Waals surface area contributed by atoms with E-state index in [1.54, 1.807) is 0 Å². The number of nitrogens with zero attached hydrogens (tertiary/aromatic N) is 1. The monoisotopic (exact) mass is 301 g/mol. The summed E-state index contributed by atoms with van der Waals surface area (Å²) in [6, 6.07) is 32.3. The maximum absolute atomic E-state index is 2.40. The predicted molar refractivity (Wildman–Crippen MR) is 97.5 cm³/mol. The van der Waals surface area contributed by atoms with Crippen molar-refractivity contribution in [3.8, 4) is 0 Å². The molecule has 0 atom stereocenters.